The summed E-state index contributed by atoms with van der Waals surface area (Å²) < 4.78 is 0. The van der Waals surface area contributed by atoms with E-state index in [1.54, 1.807) is 18.3 Å². The molecule has 0 unspecified atom stereocenters. The zero-order valence-electron chi connectivity index (χ0n) is 16.8. The zero-order valence-corrected chi connectivity index (χ0v) is 16.8. The van der Waals surface area contributed by atoms with Gasteiger partial charge in [0.1, 0.15) is 0 Å². The van der Waals surface area contributed by atoms with Gasteiger partial charge in [0.05, 0.1) is 6.21 Å². The lowest BCUT2D eigenvalue weighted by atomic mass is 10.0. The van der Waals surface area contributed by atoms with Gasteiger partial charge in [0.2, 0.25) is 0 Å². The third-order valence-electron chi connectivity index (χ3n) is 4.88. The Kier molecular flexibility index (Phi) is 5.76. The van der Waals surface area contributed by atoms with E-state index in [4.69, 9.17) is 11.5 Å². The minimum atomic E-state index is -0.272. The maximum atomic E-state index is 12.4. The summed E-state index contributed by atoms with van der Waals surface area (Å²) in [6.45, 7) is 0. The standard InChI is InChI=1S/C26H22N4O/c27-24-5-1-3-22(15-24)19-9-7-18(8-10-19)17-29-30-26(31)21-13-11-20(12-14-21)23-4-2-6-25(28)16-23/h1-17H,27-28H2,(H,30,31)/b29-17+. The second-order valence-corrected chi connectivity index (χ2v) is 7.15. The van der Waals surface area contributed by atoms with Crippen molar-refractivity contribution in [3.8, 4) is 22.3 Å². The molecule has 0 fully saturated rings. The Morgan fingerprint density at radius 1 is 0.677 bits per heavy atom. The molecule has 4 rings (SSSR count). The van der Waals surface area contributed by atoms with Crippen LogP contribution in [0, 0.1) is 0 Å². The molecule has 4 aromatic rings. The summed E-state index contributed by atoms with van der Waals surface area (Å²) in [7, 11) is 0. The van der Waals surface area contributed by atoms with Crippen LogP contribution in [0.3, 0.4) is 0 Å². The molecular formula is C26H22N4O. The lowest BCUT2D eigenvalue weighted by Gasteiger charge is -2.05. The van der Waals surface area contributed by atoms with E-state index in [-0.39, 0.29) is 5.91 Å². The van der Waals surface area contributed by atoms with E-state index < -0.39 is 0 Å². The molecule has 0 saturated carbocycles. The summed E-state index contributed by atoms with van der Waals surface area (Å²) in [6.07, 6.45) is 1.61. The summed E-state index contributed by atoms with van der Waals surface area (Å²) in [4.78, 5) is 12.4. The molecule has 0 atom stereocenters. The molecule has 0 bridgehead atoms. The minimum absolute atomic E-state index is 0.272. The summed E-state index contributed by atoms with van der Waals surface area (Å²) in [5, 5.41) is 4.07. The number of nitrogens with zero attached hydrogens (tertiary/aromatic N) is 1. The first kappa shape index (κ1) is 19.9. The first-order valence-electron chi connectivity index (χ1n) is 9.84. The third kappa shape index (κ3) is 4.97. The SMILES string of the molecule is Nc1cccc(-c2ccc(/C=N/NC(=O)c3ccc(-c4cccc(N)c4)cc3)cc2)c1. The number of nitrogen functional groups attached to an aromatic ring is 2. The normalized spacial score (nSPS) is 10.8. The number of rotatable bonds is 5. The number of benzene rings is 4. The quantitative estimate of drug-likeness (QED) is 0.249. The second-order valence-electron chi connectivity index (χ2n) is 7.15. The van der Waals surface area contributed by atoms with Gasteiger partial charge in [-0.3, -0.25) is 4.79 Å². The van der Waals surface area contributed by atoms with Gasteiger partial charge in [-0.2, -0.15) is 5.10 Å². The van der Waals surface area contributed by atoms with Crippen LogP contribution in [-0.2, 0) is 0 Å². The molecule has 0 saturated heterocycles. The fourth-order valence-corrected chi connectivity index (χ4v) is 3.24. The van der Waals surface area contributed by atoms with Crippen LogP contribution in [0.5, 0.6) is 0 Å². The van der Waals surface area contributed by atoms with Crippen LogP contribution in [-0.4, -0.2) is 12.1 Å². The van der Waals surface area contributed by atoms with E-state index >= 15 is 0 Å². The topological polar surface area (TPSA) is 93.5 Å². The molecule has 0 spiro atoms. The first-order chi connectivity index (χ1) is 15.1. The molecule has 0 aliphatic carbocycles. The fourth-order valence-electron chi connectivity index (χ4n) is 3.24. The van der Waals surface area contributed by atoms with Gasteiger partial charge < -0.3 is 11.5 Å². The number of amides is 1. The van der Waals surface area contributed by atoms with E-state index in [2.05, 4.69) is 10.5 Å². The zero-order chi connectivity index (χ0) is 21.6. The number of carbonyl (C=O) groups excluding carboxylic acids is 1. The molecule has 31 heavy (non-hydrogen) atoms. The van der Waals surface area contributed by atoms with Crippen molar-refractivity contribution in [3.05, 3.63) is 108 Å². The minimum Gasteiger partial charge on any atom is -0.399 e. The molecule has 152 valence electrons. The van der Waals surface area contributed by atoms with Crippen molar-refractivity contribution in [3.63, 3.8) is 0 Å². The average molecular weight is 406 g/mol. The van der Waals surface area contributed by atoms with Crippen LogP contribution in [0.15, 0.2) is 102 Å². The number of hydrogen-bond acceptors (Lipinski definition) is 4. The van der Waals surface area contributed by atoms with Crippen molar-refractivity contribution >= 4 is 23.5 Å². The molecular weight excluding hydrogens is 384 g/mol. The number of anilines is 2. The maximum Gasteiger partial charge on any atom is 0.271 e. The van der Waals surface area contributed by atoms with E-state index in [1.807, 2.05) is 84.9 Å². The van der Waals surface area contributed by atoms with E-state index in [1.165, 1.54) is 0 Å². The Morgan fingerprint density at radius 3 is 1.71 bits per heavy atom. The summed E-state index contributed by atoms with van der Waals surface area (Å²) in [5.41, 5.74) is 21.2. The van der Waals surface area contributed by atoms with Crippen molar-refractivity contribution in [2.24, 2.45) is 5.10 Å². The van der Waals surface area contributed by atoms with Gasteiger partial charge in [0, 0.05) is 16.9 Å². The Morgan fingerprint density at radius 2 is 1.19 bits per heavy atom. The van der Waals surface area contributed by atoms with Crippen LogP contribution in [0.25, 0.3) is 22.3 Å². The lowest BCUT2D eigenvalue weighted by Crippen LogP contribution is -2.17. The number of hydrogen-bond donors (Lipinski definition) is 3. The third-order valence-corrected chi connectivity index (χ3v) is 4.88. The number of hydrazone groups is 1. The number of carbonyl (C=O) groups is 1. The van der Waals surface area contributed by atoms with Gasteiger partial charge in [0.15, 0.2) is 0 Å². The molecule has 1 amide bonds. The van der Waals surface area contributed by atoms with Crippen LogP contribution in [0.1, 0.15) is 15.9 Å². The predicted molar refractivity (Wildman–Crippen MR) is 128 cm³/mol. The molecule has 0 radical (unpaired) electrons. The molecule has 0 aliphatic heterocycles. The van der Waals surface area contributed by atoms with E-state index in [0.717, 1.165) is 33.5 Å². The second kappa shape index (κ2) is 8.97. The molecule has 4 aromatic carbocycles. The molecule has 0 heterocycles. The molecule has 5 heteroatoms. The highest BCUT2D eigenvalue weighted by Gasteiger charge is 2.05. The van der Waals surface area contributed by atoms with Crippen molar-refractivity contribution < 1.29 is 4.79 Å². The Labute approximate surface area is 181 Å². The van der Waals surface area contributed by atoms with Gasteiger partial charge in [-0.15, -0.1) is 0 Å². The van der Waals surface area contributed by atoms with Crippen LogP contribution >= 0.6 is 0 Å². The number of nitrogens with one attached hydrogen (secondary N) is 1. The number of nitrogens with two attached hydrogens (primary N) is 2. The van der Waals surface area contributed by atoms with Gasteiger partial charge in [0.25, 0.3) is 5.91 Å². The van der Waals surface area contributed by atoms with Crippen molar-refractivity contribution in [1.29, 1.82) is 0 Å². The Hall–Kier alpha value is -4.38. The van der Waals surface area contributed by atoms with Gasteiger partial charge in [-0.1, -0.05) is 60.7 Å². The fraction of sp³-hybridized carbons (Fsp3) is 0. The maximum absolute atomic E-state index is 12.4. The van der Waals surface area contributed by atoms with Crippen LogP contribution in [0.2, 0.25) is 0 Å². The van der Waals surface area contributed by atoms with Gasteiger partial charge in [-0.05, 0) is 64.2 Å². The van der Waals surface area contributed by atoms with Crippen molar-refractivity contribution in [1.82, 2.24) is 5.43 Å². The van der Waals surface area contributed by atoms with Crippen LogP contribution < -0.4 is 16.9 Å². The highest BCUT2D eigenvalue weighted by molar-refractivity contribution is 5.95. The highest BCUT2D eigenvalue weighted by Crippen LogP contribution is 2.22. The first-order valence-corrected chi connectivity index (χ1v) is 9.84. The summed E-state index contributed by atoms with van der Waals surface area (Å²) >= 11 is 0. The Bertz CT molecular complexity index is 1230. The van der Waals surface area contributed by atoms with Crippen LogP contribution in [0.4, 0.5) is 11.4 Å². The van der Waals surface area contributed by atoms with E-state index in [0.29, 0.717) is 11.3 Å². The lowest BCUT2D eigenvalue weighted by molar-refractivity contribution is 0.0955. The largest absolute Gasteiger partial charge is 0.399 e. The van der Waals surface area contributed by atoms with Gasteiger partial charge >= 0.3 is 0 Å². The molecule has 0 aliphatic rings. The van der Waals surface area contributed by atoms with Crippen molar-refractivity contribution in [2.75, 3.05) is 11.5 Å². The Balaban J connectivity index is 1.38. The van der Waals surface area contributed by atoms with E-state index in [9.17, 15) is 4.79 Å². The smallest absolute Gasteiger partial charge is 0.271 e. The van der Waals surface area contributed by atoms with Crippen molar-refractivity contribution in [2.45, 2.75) is 0 Å². The summed E-state index contributed by atoms with van der Waals surface area (Å²) in [5.74, 6) is -0.272. The van der Waals surface area contributed by atoms with Gasteiger partial charge in [-0.25, -0.2) is 5.43 Å². The average Bonchev–Trinajstić information content (AvgIpc) is 2.79. The molecule has 0 aromatic heterocycles. The molecule has 5 nitrogen and oxygen atoms in total. The molecule has 5 N–H and O–H groups in total. The summed E-state index contributed by atoms with van der Waals surface area (Å²) in [6, 6.07) is 30.5. The predicted octanol–water partition coefficient (Wildman–Crippen LogP) is 4.95. The monoisotopic (exact) mass is 406 g/mol. The highest BCUT2D eigenvalue weighted by atomic mass is 16.2.